The number of aliphatic hydroxyl groups is 1. The van der Waals surface area contributed by atoms with Crippen LogP contribution in [0.1, 0.15) is 50.2 Å². The molecule has 38 heavy (non-hydrogen) atoms. The van der Waals surface area contributed by atoms with Crippen LogP contribution >= 0.6 is 0 Å². The summed E-state index contributed by atoms with van der Waals surface area (Å²) in [6, 6.07) is 15.4. The number of rotatable bonds is 9. The van der Waals surface area contributed by atoms with Crippen LogP contribution < -0.4 is 4.74 Å². The fourth-order valence-corrected chi connectivity index (χ4v) is 5.08. The number of para-hydroxylation sites is 1. The van der Waals surface area contributed by atoms with Gasteiger partial charge in [0, 0.05) is 29.6 Å². The lowest BCUT2D eigenvalue weighted by atomic mass is 9.64. The Morgan fingerprint density at radius 3 is 2.21 bits per heavy atom. The minimum Gasteiger partial charge on any atom is -0.494 e. The predicted octanol–water partition coefficient (Wildman–Crippen LogP) is 4.70. The number of ether oxygens (including phenoxy) is 2. The largest absolute Gasteiger partial charge is 0.494 e. The molecule has 0 aromatic heterocycles. The van der Waals surface area contributed by atoms with Crippen LogP contribution in [0.3, 0.4) is 0 Å². The lowest BCUT2D eigenvalue weighted by Gasteiger charge is -2.46. The molecule has 1 fully saturated rings. The molecule has 1 aliphatic rings. The first kappa shape index (κ1) is 29.0. The van der Waals surface area contributed by atoms with Gasteiger partial charge >= 0.3 is 12.1 Å². The third-order valence-electron chi connectivity index (χ3n) is 7.03. The first-order valence-corrected chi connectivity index (χ1v) is 12.4. The van der Waals surface area contributed by atoms with Gasteiger partial charge in [-0.25, -0.2) is 0 Å². The second kappa shape index (κ2) is 11.9. The van der Waals surface area contributed by atoms with Crippen LogP contribution in [0.5, 0.6) is 5.75 Å². The number of nitriles is 1. The van der Waals surface area contributed by atoms with Crippen molar-refractivity contribution in [3.05, 3.63) is 65.7 Å². The van der Waals surface area contributed by atoms with Crippen molar-refractivity contribution < 1.29 is 37.3 Å². The lowest BCUT2D eigenvalue weighted by Crippen LogP contribution is -2.58. The van der Waals surface area contributed by atoms with Gasteiger partial charge in [-0.2, -0.15) is 18.4 Å². The van der Waals surface area contributed by atoms with E-state index in [4.69, 9.17) is 9.47 Å². The Kier molecular flexibility index (Phi) is 9.05. The van der Waals surface area contributed by atoms with E-state index in [0.29, 0.717) is 17.9 Å². The van der Waals surface area contributed by atoms with E-state index in [9.17, 15) is 33.1 Å². The fraction of sp³-hybridized carbons (Fsp3) is 0.464. The third kappa shape index (κ3) is 5.63. The number of hydrogen-bond acceptors (Lipinski definition) is 6. The number of benzene rings is 2. The zero-order valence-corrected chi connectivity index (χ0v) is 21.3. The zero-order chi connectivity index (χ0) is 28.0. The van der Waals surface area contributed by atoms with E-state index in [2.05, 4.69) is 6.07 Å². The smallest absolute Gasteiger partial charge is 0.430 e. The predicted molar refractivity (Wildman–Crippen MR) is 132 cm³/mol. The van der Waals surface area contributed by atoms with E-state index < -0.39 is 40.6 Å². The van der Waals surface area contributed by atoms with Crippen molar-refractivity contribution in [1.82, 2.24) is 4.90 Å². The van der Waals surface area contributed by atoms with Gasteiger partial charge in [-0.05, 0) is 32.8 Å². The highest BCUT2D eigenvalue weighted by Gasteiger charge is 2.62. The first-order chi connectivity index (χ1) is 18.0. The Bertz CT molecular complexity index is 1160. The quantitative estimate of drug-likeness (QED) is 0.470. The highest BCUT2D eigenvalue weighted by molar-refractivity contribution is 5.87. The van der Waals surface area contributed by atoms with Crippen LogP contribution in [0.25, 0.3) is 0 Å². The third-order valence-corrected chi connectivity index (χ3v) is 7.03. The van der Waals surface area contributed by atoms with Crippen LogP contribution in [0, 0.1) is 16.7 Å². The lowest BCUT2D eigenvalue weighted by molar-refractivity contribution is -0.262. The summed E-state index contributed by atoms with van der Waals surface area (Å²) in [6.07, 6.45) is -5.35. The number of alkyl halides is 3. The number of carbonyl (C=O) groups excluding carboxylic acids is 2. The minimum absolute atomic E-state index is 0.0406. The summed E-state index contributed by atoms with van der Waals surface area (Å²) in [5, 5.41) is 21.0. The standard InChI is InChI=1S/C28H31F3N2O5/c1-3-37-23-13-9-8-12-21(23)22(19-32)26(18-24(34)38-4-2)14-16-33(17-15-26)25(35)27(36,28(29,30)31)20-10-6-5-7-11-20/h5-13,22,36H,3-4,14-18H2,1-2H3/t22?,27-/m1/s1. The number of piperidine rings is 1. The molecule has 2 atom stereocenters. The number of likely N-dealkylation sites (tertiary alicyclic amines) is 1. The fourth-order valence-electron chi connectivity index (χ4n) is 5.08. The van der Waals surface area contributed by atoms with Crippen molar-refractivity contribution in [2.75, 3.05) is 26.3 Å². The first-order valence-electron chi connectivity index (χ1n) is 12.4. The van der Waals surface area contributed by atoms with Crippen LogP contribution in [0.2, 0.25) is 0 Å². The Labute approximate surface area is 219 Å². The molecule has 0 aliphatic carbocycles. The van der Waals surface area contributed by atoms with Crippen molar-refractivity contribution in [3.8, 4) is 11.8 Å². The average molecular weight is 533 g/mol. The number of esters is 1. The van der Waals surface area contributed by atoms with Gasteiger partial charge in [-0.1, -0.05) is 48.5 Å². The number of hydrogen-bond donors (Lipinski definition) is 1. The summed E-state index contributed by atoms with van der Waals surface area (Å²) < 4.78 is 53.2. The van der Waals surface area contributed by atoms with Gasteiger partial charge < -0.3 is 19.5 Å². The highest BCUT2D eigenvalue weighted by atomic mass is 19.4. The molecule has 2 aromatic rings. The summed E-state index contributed by atoms with van der Waals surface area (Å²) in [6.45, 7) is 3.53. The molecular weight excluding hydrogens is 501 g/mol. The van der Waals surface area contributed by atoms with Crippen LogP contribution in [-0.4, -0.2) is 54.4 Å². The van der Waals surface area contributed by atoms with Gasteiger partial charge in [0.15, 0.2) is 0 Å². The minimum atomic E-state index is -5.27. The summed E-state index contributed by atoms with van der Waals surface area (Å²) in [4.78, 5) is 26.8. The molecule has 204 valence electrons. The van der Waals surface area contributed by atoms with Crippen LogP contribution in [0.4, 0.5) is 13.2 Å². The molecule has 1 aliphatic heterocycles. The second-order valence-corrected chi connectivity index (χ2v) is 9.24. The van der Waals surface area contributed by atoms with Gasteiger partial charge in [0.1, 0.15) is 5.75 Å². The molecule has 0 radical (unpaired) electrons. The molecular formula is C28H31F3N2O5. The molecule has 0 spiro atoms. The monoisotopic (exact) mass is 532 g/mol. The van der Waals surface area contributed by atoms with E-state index in [1.807, 2.05) is 0 Å². The van der Waals surface area contributed by atoms with Crippen molar-refractivity contribution in [2.45, 2.75) is 50.8 Å². The normalized spacial score (nSPS) is 17.6. The molecule has 1 saturated heterocycles. The maximum Gasteiger partial charge on any atom is 0.430 e. The Hall–Kier alpha value is -3.58. The SMILES string of the molecule is CCOC(=O)CC1(C(C#N)c2ccccc2OCC)CCN(C(=O)[C@](O)(c2ccccc2)C(F)(F)F)CC1. The van der Waals surface area contributed by atoms with Crippen molar-refractivity contribution >= 4 is 11.9 Å². The van der Waals surface area contributed by atoms with Gasteiger partial charge in [0.05, 0.1) is 31.6 Å². The molecule has 7 nitrogen and oxygen atoms in total. The number of amides is 1. The topological polar surface area (TPSA) is 99.9 Å². The molecule has 2 aromatic carbocycles. The van der Waals surface area contributed by atoms with E-state index in [1.54, 1.807) is 38.1 Å². The highest BCUT2D eigenvalue weighted by Crippen LogP contribution is 2.50. The van der Waals surface area contributed by atoms with Crippen molar-refractivity contribution in [2.24, 2.45) is 5.41 Å². The van der Waals surface area contributed by atoms with Gasteiger partial charge in [-0.15, -0.1) is 0 Å². The molecule has 1 unspecified atom stereocenters. The van der Waals surface area contributed by atoms with Crippen LogP contribution in [-0.2, 0) is 19.9 Å². The maximum atomic E-state index is 14.1. The number of halogens is 3. The summed E-state index contributed by atoms with van der Waals surface area (Å²) >= 11 is 0. The molecule has 1 heterocycles. The molecule has 1 amide bonds. The Morgan fingerprint density at radius 2 is 1.66 bits per heavy atom. The number of carbonyl (C=O) groups is 2. The molecule has 10 heteroatoms. The van der Waals surface area contributed by atoms with Crippen LogP contribution in [0.15, 0.2) is 54.6 Å². The second-order valence-electron chi connectivity index (χ2n) is 9.24. The Balaban J connectivity index is 1.97. The Morgan fingerprint density at radius 1 is 1.05 bits per heavy atom. The van der Waals surface area contributed by atoms with Crippen molar-refractivity contribution in [1.29, 1.82) is 5.26 Å². The summed E-state index contributed by atoms with van der Waals surface area (Å²) in [5.41, 5.74) is -4.79. The molecule has 1 N–H and O–H groups in total. The van der Waals surface area contributed by atoms with E-state index in [0.717, 1.165) is 17.0 Å². The summed E-state index contributed by atoms with van der Waals surface area (Å²) in [7, 11) is 0. The van der Waals surface area contributed by atoms with Gasteiger partial charge in [-0.3, -0.25) is 9.59 Å². The summed E-state index contributed by atoms with van der Waals surface area (Å²) in [5.74, 6) is -2.43. The molecule has 3 rings (SSSR count). The average Bonchev–Trinajstić information content (AvgIpc) is 2.89. The molecule has 0 bridgehead atoms. The van der Waals surface area contributed by atoms with Gasteiger partial charge in [0.2, 0.25) is 0 Å². The number of nitrogens with zero attached hydrogens (tertiary/aromatic N) is 2. The van der Waals surface area contributed by atoms with E-state index in [-0.39, 0.29) is 39.0 Å². The maximum absolute atomic E-state index is 14.1. The van der Waals surface area contributed by atoms with Gasteiger partial charge in [0.25, 0.3) is 11.5 Å². The van der Waals surface area contributed by atoms with E-state index >= 15 is 0 Å². The van der Waals surface area contributed by atoms with Crippen molar-refractivity contribution in [3.63, 3.8) is 0 Å². The zero-order valence-electron chi connectivity index (χ0n) is 21.3. The molecule has 0 saturated carbocycles. The van der Waals surface area contributed by atoms with E-state index in [1.165, 1.54) is 18.2 Å².